The van der Waals surface area contributed by atoms with Crippen molar-refractivity contribution in [2.75, 3.05) is 30.9 Å². The first-order chi connectivity index (χ1) is 15.4. The number of nitrogens with zero attached hydrogens (tertiary/aromatic N) is 2. The van der Waals surface area contributed by atoms with Crippen LogP contribution < -0.4 is 20.4 Å². The Morgan fingerprint density at radius 3 is 2.44 bits per heavy atom. The Morgan fingerprint density at radius 2 is 1.75 bits per heavy atom. The van der Waals surface area contributed by atoms with Crippen LogP contribution in [0.3, 0.4) is 0 Å². The lowest BCUT2D eigenvalue weighted by atomic mass is 10.0. The van der Waals surface area contributed by atoms with Gasteiger partial charge in [-0.2, -0.15) is 0 Å². The molecular formula is C24H23BrN4O3. The first kappa shape index (κ1) is 21.7. The molecule has 0 aromatic heterocycles. The molecule has 0 bridgehead atoms. The van der Waals surface area contributed by atoms with Gasteiger partial charge in [-0.3, -0.25) is 15.0 Å². The summed E-state index contributed by atoms with van der Waals surface area (Å²) >= 11 is 3.36. The summed E-state index contributed by atoms with van der Waals surface area (Å²) in [7, 11) is 3.93. The Balaban J connectivity index is 1.55. The Hall–Kier alpha value is -3.52. The van der Waals surface area contributed by atoms with Crippen molar-refractivity contribution in [1.82, 2.24) is 10.4 Å². The van der Waals surface area contributed by atoms with Crippen molar-refractivity contribution in [2.45, 2.75) is 6.17 Å². The van der Waals surface area contributed by atoms with E-state index in [9.17, 15) is 9.59 Å². The van der Waals surface area contributed by atoms with E-state index in [-0.39, 0.29) is 12.5 Å². The van der Waals surface area contributed by atoms with E-state index in [2.05, 4.69) is 26.7 Å². The van der Waals surface area contributed by atoms with Crippen LogP contribution >= 0.6 is 15.9 Å². The molecule has 7 nitrogen and oxygen atoms in total. The number of anilines is 2. The fraction of sp³-hybridized carbons (Fsp3) is 0.167. The van der Waals surface area contributed by atoms with Gasteiger partial charge in [-0.1, -0.05) is 40.2 Å². The predicted molar refractivity (Wildman–Crippen MR) is 128 cm³/mol. The van der Waals surface area contributed by atoms with Gasteiger partial charge in [0.25, 0.3) is 11.8 Å². The van der Waals surface area contributed by atoms with Crippen molar-refractivity contribution in [1.29, 1.82) is 0 Å². The molecule has 2 amide bonds. The highest BCUT2D eigenvalue weighted by atomic mass is 79.9. The zero-order chi connectivity index (χ0) is 22.7. The molecule has 1 aliphatic heterocycles. The van der Waals surface area contributed by atoms with Gasteiger partial charge < -0.3 is 15.0 Å². The Bertz CT molecular complexity index is 1120. The highest BCUT2D eigenvalue weighted by molar-refractivity contribution is 9.10. The van der Waals surface area contributed by atoms with Gasteiger partial charge >= 0.3 is 0 Å². The number of ether oxygens (including phenoxy) is 1. The van der Waals surface area contributed by atoms with Crippen molar-refractivity contribution in [2.24, 2.45) is 0 Å². The topological polar surface area (TPSA) is 73.9 Å². The first-order valence-corrected chi connectivity index (χ1v) is 10.9. The minimum atomic E-state index is -0.565. The second-order valence-corrected chi connectivity index (χ2v) is 8.45. The molecule has 1 atom stereocenters. The molecule has 0 saturated heterocycles. The van der Waals surface area contributed by atoms with Crippen LogP contribution in [-0.4, -0.2) is 37.5 Å². The minimum absolute atomic E-state index is 0.223. The van der Waals surface area contributed by atoms with Crippen LogP contribution in [0.2, 0.25) is 0 Å². The summed E-state index contributed by atoms with van der Waals surface area (Å²) in [5, 5.41) is 4.68. The molecule has 2 N–H and O–H groups in total. The molecule has 1 unspecified atom stereocenters. The summed E-state index contributed by atoms with van der Waals surface area (Å²) in [5.74, 6) is -0.164. The van der Waals surface area contributed by atoms with Gasteiger partial charge in [0.2, 0.25) is 0 Å². The number of benzene rings is 3. The molecule has 3 aromatic carbocycles. The molecule has 0 radical (unpaired) electrons. The Labute approximate surface area is 195 Å². The Kier molecular flexibility index (Phi) is 6.32. The quantitative estimate of drug-likeness (QED) is 0.537. The van der Waals surface area contributed by atoms with E-state index in [1.807, 2.05) is 67.5 Å². The number of amides is 2. The number of hydrogen-bond donors (Lipinski definition) is 2. The molecule has 8 heteroatoms. The summed E-state index contributed by atoms with van der Waals surface area (Å²) < 4.78 is 6.47. The summed E-state index contributed by atoms with van der Waals surface area (Å²) in [6, 6.07) is 22.2. The normalized spacial score (nSPS) is 14.9. The highest BCUT2D eigenvalue weighted by Gasteiger charge is 2.34. The van der Waals surface area contributed by atoms with Crippen molar-refractivity contribution in [3.8, 4) is 5.75 Å². The van der Waals surface area contributed by atoms with Crippen molar-refractivity contribution in [3.05, 3.63) is 88.4 Å². The van der Waals surface area contributed by atoms with Gasteiger partial charge in [0.15, 0.2) is 6.61 Å². The first-order valence-electron chi connectivity index (χ1n) is 10.1. The van der Waals surface area contributed by atoms with Crippen LogP contribution in [0.4, 0.5) is 11.4 Å². The number of nitrogens with one attached hydrogen (secondary N) is 2. The fourth-order valence-electron chi connectivity index (χ4n) is 3.40. The van der Waals surface area contributed by atoms with E-state index in [1.54, 1.807) is 24.3 Å². The van der Waals surface area contributed by atoms with E-state index < -0.39 is 12.1 Å². The monoisotopic (exact) mass is 494 g/mol. The maximum Gasteiger partial charge on any atom is 0.276 e. The molecule has 4 rings (SSSR count). The van der Waals surface area contributed by atoms with E-state index in [0.29, 0.717) is 11.3 Å². The lowest BCUT2D eigenvalue weighted by molar-refractivity contribution is -0.127. The number of halogens is 1. The van der Waals surface area contributed by atoms with Crippen LogP contribution in [0, 0.1) is 0 Å². The fourth-order valence-corrected chi connectivity index (χ4v) is 3.67. The molecule has 1 heterocycles. The van der Waals surface area contributed by atoms with Crippen molar-refractivity contribution in [3.63, 3.8) is 0 Å². The van der Waals surface area contributed by atoms with E-state index in [0.717, 1.165) is 21.4 Å². The van der Waals surface area contributed by atoms with Gasteiger partial charge in [0.1, 0.15) is 11.9 Å². The number of hydrazine groups is 1. The van der Waals surface area contributed by atoms with Crippen LogP contribution in [0.1, 0.15) is 22.1 Å². The second kappa shape index (κ2) is 9.32. The maximum atomic E-state index is 13.2. The number of rotatable bonds is 6. The molecular weight excluding hydrogens is 472 g/mol. The number of carbonyl (C=O) groups is 2. The van der Waals surface area contributed by atoms with E-state index in [4.69, 9.17) is 4.74 Å². The Morgan fingerprint density at radius 1 is 1.06 bits per heavy atom. The number of hydrogen-bond acceptors (Lipinski definition) is 5. The van der Waals surface area contributed by atoms with Gasteiger partial charge in [0.05, 0.1) is 5.56 Å². The molecule has 0 saturated carbocycles. The molecule has 0 spiro atoms. The maximum absolute atomic E-state index is 13.2. The summed E-state index contributed by atoms with van der Waals surface area (Å²) in [6.07, 6.45) is -0.565. The standard InChI is InChI=1S/C24H23BrN4O3/c1-28(2)18-11-7-16(8-12-18)23-26-21-6-4-3-5-20(21)24(31)29(23)27-22(30)15-32-19-13-9-17(25)10-14-19/h3-14,23,26H,15H2,1-2H3,(H,27,30). The van der Waals surface area contributed by atoms with E-state index in [1.165, 1.54) is 5.01 Å². The lowest BCUT2D eigenvalue weighted by Crippen LogP contribution is -2.53. The zero-order valence-corrected chi connectivity index (χ0v) is 19.3. The molecule has 3 aromatic rings. The zero-order valence-electron chi connectivity index (χ0n) is 17.7. The summed E-state index contributed by atoms with van der Waals surface area (Å²) in [4.78, 5) is 27.9. The number of fused-ring (bicyclic) bond motifs is 1. The smallest absolute Gasteiger partial charge is 0.276 e. The predicted octanol–water partition coefficient (Wildman–Crippen LogP) is 4.19. The van der Waals surface area contributed by atoms with Crippen molar-refractivity contribution < 1.29 is 14.3 Å². The summed E-state index contributed by atoms with van der Waals surface area (Å²) in [5.41, 5.74) is 5.80. The van der Waals surface area contributed by atoms with Crippen LogP contribution in [-0.2, 0) is 4.79 Å². The molecule has 164 valence electrons. The molecule has 32 heavy (non-hydrogen) atoms. The molecule has 0 fully saturated rings. The average Bonchev–Trinajstić information content (AvgIpc) is 2.80. The lowest BCUT2D eigenvalue weighted by Gasteiger charge is -2.37. The third kappa shape index (κ3) is 4.70. The third-order valence-corrected chi connectivity index (χ3v) is 5.61. The van der Waals surface area contributed by atoms with Gasteiger partial charge in [-0.05, 0) is 54.1 Å². The van der Waals surface area contributed by atoms with Crippen LogP contribution in [0.25, 0.3) is 0 Å². The minimum Gasteiger partial charge on any atom is -0.484 e. The number of para-hydroxylation sites is 1. The van der Waals surface area contributed by atoms with Crippen LogP contribution in [0.5, 0.6) is 5.75 Å². The van der Waals surface area contributed by atoms with E-state index >= 15 is 0 Å². The third-order valence-electron chi connectivity index (χ3n) is 5.08. The largest absolute Gasteiger partial charge is 0.484 e. The average molecular weight is 495 g/mol. The van der Waals surface area contributed by atoms with Gasteiger partial charge in [0, 0.05) is 29.9 Å². The molecule has 0 aliphatic carbocycles. The number of carbonyl (C=O) groups excluding carboxylic acids is 2. The second-order valence-electron chi connectivity index (χ2n) is 7.53. The van der Waals surface area contributed by atoms with Crippen molar-refractivity contribution >= 4 is 39.1 Å². The highest BCUT2D eigenvalue weighted by Crippen LogP contribution is 2.32. The van der Waals surface area contributed by atoms with Gasteiger partial charge in [-0.15, -0.1) is 0 Å². The summed E-state index contributed by atoms with van der Waals surface area (Å²) in [6.45, 7) is -0.223. The SMILES string of the molecule is CN(C)c1ccc(C2Nc3ccccc3C(=O)N2NC(=O)COc2ccc(Br)cc2)cc1. The van der Waals surface area contributed by atoms with Gasteiger partial charge in [-0.25, -0.2) is 5.01 Å². The van der Waals surface area contributed by atoms with Crippen LogP contribution in [0.15, 0.2) is 77.3 Å². The molecule has 1 aliphatic rings.